The Morgan fingerprint density at radius 3 is 2.50 bits per heavy atom. The molecule has 0 aliphatic heterocycles. The molecule has 2 aromatic carbocycles. The van der Waals surface area contributed by atoms with E-state index in [0.717, 1.165) is 6.42 Å². The number of aromatic nitrogens is 1. The smallest absolute Gasteiger partial charge is 0.341 e. The van der Waals surface area contributed by atoms with Gasteiger partial charge in [0.2, 0.25) is 0 Å². The highest BCUT2D eigenvalue weighted by Gasteiger charge is 2.20. The summed E-state index contributed by atoms with van der Waals surface area (Å²) >= 11 is 0. The first kappa shape index (κ1) is 19.4. The summed E-state index contributed by atoms with van der Waals surface area (Å²) in [6.45, 7) is 2.63. The number of ether oxygens (including phenoxy) is 2. The number of fused-ring (bicyclic) bond motifs is 1. The van der Waals surface area contributed by atoms with Gasteiger partial charge in [0, 0.05) is 18.1 Å². The minimum absolute atomic E-state index is 0.266. The summed E-state index contributed by atoms with van der Waals surface area (Å²) in [7, 11) is 1.33. The van der Waals surface area contributed by atoms with E-state index in [-0.39, 0.29) is 6.61 Å². The van der Waals surface area contributed by atoms with Gasteiger partial charge in [-0.2, -0.15) is 0 Å². The van der Waals surface area contributed by atoms with Crippen molar-refractivity contribution in [2.45, 2.75) is 13.3 Å². The minimum atomic E-state index is -0.475. The van der Waals surface area contributed by atoms with E-state index in [4.69, 9.17) is 9.47 Å². The van der Waals surface area contributed by atoms with Gasteiger partial charge in [-0.25, -0.2) is 9.59 Å². The monoisotopic (exact) mass is 378 g/mol. The van der Waals surface area contributed by atoms with Crippen LogP contribution in [-0.2, 0) is 15.9 Å². The third kappa shape index (κ3) is 4.11. The number of esters is 2. The lowest BCUT2D eigenvalue weighted by Gasteiger charge is -2.15. The Labute approximate surface area is 163 Å². The van der Waals surface area contributed by atoms with E-state index < -0.39 is 11.9 Å². The quantitative estimate of drug-likeness (QED) is 0.629. The minimum Gasteiger partial charge on any atom is -0.465 e. The molecule has 1 N–H and O–H groups in total. The molecule has 0 spiro atoms. The third-order valence-electron chi connectivity index (χ3n) is 4.36. The lowest BCUT2D eigenvalue weighted by Crippen LogP contribution is -2.14. The topological polar surface area (TPSA) is 77.5 Å². The molecule has 0 unspecified atom stereocenters. The van der Waals surface area contributed by atoms with E-state index in [9.17, 15) is 9.59 Å². The SMILES string of the molecule is CCOC(=O)c1cnc2c(C(=O)OC)cccc2c1NCCc1ccccc1. The molecule has 3 aromatic rings. The lowest BCUT2D eigenvalue weighted by atomic mass is 10.0. The summed E-state index contributed by atoms with van der Waals surface area (Å²) in [5.41, 5.74) is 2.95. The van der Waals surface area contributed by atoms with Crippen molar-refractivity contribution in [1.29, 1.82) is 0 Å². The van der Waals surface area contributed by atoms with Crippen LogP contribution in [0, 0.1) is 0 Å². The number of carbonyl (C=O) groups excluding carboxylic acids is 2. The number of hydrogen-bond acceptors (Lipinski definition) is 6. The Morgan fingerprint density at radius 1 is 1.00 bits per heavy atom. The van der Waals surface area contributed by atoms with Crippen LogP contribution in [0.3, 0.4) is 0 Å². The molecular weight excluding hydrogens is 356 g/mol. The van der Waals surface area contributed by atoms with Crippen LogP contribution >= 0.6 is 0 Å². The molecule has 0 saturated carbocycles. The predicted octanol–water partition coefficient (Wildman–Crippen LogP) is 3.85. The molecule has 6 heteroatoms. The van der Waals surface area contributed by atoms with Gasteiger partial charge in [0.15, 0.2) is 0 Å². The molecule has 3 rings (SSSR count). The zero-order chi connectivity index (χ0) is 19.9. The number of nitrogens with zero attached hydrogens (tertiary/aromatic N) is 1. The maximum atomic E-state index is 12.4. The molecule has 0 aliphatic carbocycles. The summed E-state index contributed by atoms with van der Waals surface area (Å²) in [4.78, 5) is 28.8. The first-order chi connectivity index (χ1) is 13.7. The van der Waals surface area contributed by atoms with Crippen molar-refractivity contribution in [3.8, 4) is 0 Å². The van der Waals surface area contributed by atoms with Gasteiger partial charge in [0.25, 0.3) is 0 Å². The molecular formula is C22H22N2O4. The number of benzene rings is 2. The van der Waals surface area contributed by atoms with Crippen LogP contribution in [-0.4, -0.2) is 37.2 Å². The van der Waals surface area contributed by atoms with E-state index in [1.165, 1.54) is 18.9 Å². The average molecular weight is 378 g/mol. The third-order valence-corrected chi connectivity index (χ3v) is 4.36. The number of pyridine rings is 1. The van der Waals surface area contributed by atoms with Gasteiger partial charge in [-0.15, -0.1) is 0 Å². The van der Waals surface area contributed by atoms with Crippen LogP contribution in [0.4, 0.5) is 5.69 Å². The fourth-order valence-corrected chi connectivity index (χ4v) is 3.03. The van der Waals surface area contributed by atoms with Crippen LogP contribution < -0.4 is 5.32 Å². The number of nitrogens with one attached hydrogen (secondary N) is 1. The van der Waals surface area contributed by atoms with Gasteiger partial charge in [-0.1, -0.05) is 42.5 Å². The summed E-state index contributed by atoms with van der Waals surface area (Å²) in [6, 6.07) is 15.3. The number of rotatable bonds is 7. The predicted molar refractivity (Wildman–Crippen MR) is 108 cm³/mol. The van der Waals surface area contributed by atoms with Crippen LogP contribution in [0.25, 0.3) is 10.9 Å². The highest BCUT2D eigenvalue weighted by atomic mass is 16.5. The fraction of sp³-hybridized carbons (Fsp3) is 0.227. The molecule has 0 amide bonds. The number of anilines is 1. The second-order valence-corrected chi connectivity index (χ2v) is 6.12. The maximum absolute atomic E-state index is 12.4. The van der Waals surface area contributed by atoms with Gasteiger partial charge >= 0.3 is 11.9 Å². The summed E-state index contributed by atoms with van der Waals surface area (Å²) in [5.74, 6) is -0.931. The molecule has 1 heterocycles. The molecule has 0 fully saturated rings. The lowest BCUT2D eigenvalue weighted by molar-refractivity contribution is 0.0526. The Morgan fingerprint density at radius 2 is 1.79 bits per heavy atom. The van der Waals surface area contributed by atoms with Crippen LogP contribution in [0.2, 0.25) is 0 Å². The van der Waals surface area contributed by atoms with Crippen LogP contribution in [0.15, 0.2) is 54.7 Å². The first-order valence-electron chi connectivity index (χ1n) is 9.10. The van der Waals surface area contributed by atoms with E-state index in [1.807, 2.05) is 36.4 Å². The van der Waals surface area contributed by atoms with Crippen molar-refractivity contribution in [3.63, 3.8) is 0 Å². The molecule has 0 aliphatic rings. The molecule has 28 heavy (non-hydrogen) atoms. The second-order valence-electron chi connectivity index (χ2n) is 6.12. The van der Waals surface area contributed by atoms with Gasteiger partial charge < -0.3 is 14.8 Å². The van der Waals surface area contributed by atoms with E-state index in [2.05, 4.69) is 10.3 Å². The van der Waals surface area contributed by atoms with Gasteiger partial charge in [0.1, 0.15) is 5.56 Å². The molecule has 0 bridgehead atoms. The number of carbonyl (C=O) groups is 2. The highest BCUT2D eigenvalue weighted by molar-refractivity contribution is 6.10. The molecule has 6 nitrogen and oxygen atoms in total. The first-order valence-corrected chi connectivity index (χ1v) is 9.10. The summed E-state index contributed by atoms with van der Waals surface area (Å²) in [5, 5.41) is 4.00. The maximum Gasteiger partial charge on any atom is 0.341 e. The van der Waals surface area contributed by atoms with E-state index in [0.29, 0.717) is 34.3 Å². The molecule has 0 saturated heterocycles. The Balaban J connectivity index is 2.00. The van der Waals surface area contributed by atoms with Crippen LogP contribution in [0.5, 0.6) is 0 Å². The van der Waals surface area contributed by atoms with Gasteiger partial charge in [-0.3, -0.25) is 4.98 Å². The fourth-order valence-electron chi connectivity index (χ4n) is 3.03. The average Bonchev–Trinajstić information content (AvgIpc) is 2.73. The van der Waals surface area contributed by atoms with E-state index >= 15 is 0 Å². The normalized spacial score (nSPS) is 10.5. The number of para-hydroxylation sites is 1. The standard InChI is InChI=1S/C22H22N2O4/c1-3-28-22(26)18-14-24-19-16(10-7-11-17(19)21(25)27-2)20(18)23-13-12-15-8-5-4-6-9-15/h4-11,14H,3,12-13H2,1-2H3,(H,23,24). The van der Waals surface area contributed by atoms with E-state index in [1.54, 1.807) is 19.1 Å². The largest absolute Gasteiger partial charge is 0.465 e. The zero-order valence-corrected chi connectivity index (χ0v) is 15.9. The second kappa shape index (κ2) is 8.99. The Bertz CT molecular complexity index is 986. The molecule has 0 atom stereocenters. The summed E-state index contributed by atoms with van der Waals surface area (Å²) in [6.07, 6.45) is 2.22. The summed E-state index contributed by atoms with van der Waals surface area (Å²) < 4.78 is 10.0. The highest BCUT2D eigenvalue weighted by Crippen LogP contribution is 2.29. The van der Waals surface area contributed by atoms with Crippen molar-refractivity contribution < 1.29 is 19.1 Å². The Hall–Kier alpha value is -3.41. The number of hydrogen-bond donors (Lipinski definition) is 1. The number of methoxy groups -OCH3 is 1. The Kier molecular flexibility index (Phi) is 6.22. The zero-order valence-electron chi connectivity index (χ0n) is 15.9. The molecule has 0 radical (unpaired) electrons. The van der Waals surface area contributed by atoms with Crippen molar-refractivity contribution in [3.05, 3.63) is 71.4 Å². The van der Waals surface area contributed by atoms with Gasteiger partial charge in [0.05, 0.1) is 30.5 Å². The van der Waals surface area contributed by atoms with Crippen molar-refractivity contribution in [2.75, 3.05) is 25.6 Å². The van der Waals surface area contributed by atoms with Crippen LogP contribution in [0.1, 0.15) is 33.2 Å². The van der Waals surface area contributed by atoms with Crippen molar-refractivity contribution in [2.24, 2.45) is 0 Å². The van der Waals surface area contributed by atoms with Crippen molar-refractivity contribution >= 4 is 28.5 Å². The molecule has 1 aromatic heterocycles. The molecule has 144 valence electrons. The van der Waals surface area contributed by atoms with Crippen molar-refractivity contribution in [1.82, 2.24) is 4.98 Å². The van der Waals surface area contributed by atoms with Gasteiger partial charge in [-0.05, 0) is 25.0 Å².